The van der Waals surface area contributed by atoms with Crippen molar-refractivity contribution in [1.29, 1.82) is 0 Å². The van der Waals surface area contributed by atoms with Crippen molar-refractivity contribution in [2.75, 3.05) is 46.5 Å². The van der Waals surface area contributed by atoms with Crippen LogP contribution in [0.1, 0.15) is 28.9 Å². The Kier molecular flexibility index (Phi) is 12.6. The van der Waals surface area contributed by atoms with Crippen LogP contribution < -0.4 is 16.0 Å². The van der Waals surface area contributed by atoms with Gasteiger partial charge in [0, 0.05) is 39.9 Å². The highest BCUT2D eigenvalue weighted by Crippen LogP contribution is 2.08. The van der Waals surface area contributed by atoms with Gasteiger partial charge in [-0.1, -0.05) is 6.07 Å². The molecular weight excluding hydrogens is 467 g/mol. The molecule has 1 fully saturated rings. The van der Waals surface area contributed by atoms with Crippen LogP contribution in [0.3, 0.4) is 0 Å². The number of halogens is 1. The number of nitrogens with one attached hydrogen (secondary N) is 3. The lowest BCUT2D eigenvalue weighted by molar-refractivity contribution is 0.0420. The average Bonchev–Trinajstić information content (AvgIpc) is 3.32. The zero-order valence-corrected chi connectivity index (χ0v) is 18.3. The SMILES string of the molecule is CN=C(NCCCNC(=O)c1cccs1)NCCCOC1CCOC1.I. The fourth-order valence-electron chi connectivity index (χ4n) is 2.39. The Morgan fingerprint density at radius 3 is 2.73 bits per heavy atom. The highest BCUT2D eigenvalue weighted by Gasteiger charge is 2.15. The van der Waals surface area contributed by atoms with E-state index in [9.17, 15) is 4.79 Å². The number of carbonyl (C=O) groups excluding carboxylic acids is 1. The summed E-state index contributed by atoms with van der Waals surface area (Å²) < 4.78 is 11.0. The number of rotatable bonds is 10. The Bertz CT molecular complexity index is 522. The molecule has 2 heterocycles. The number of amides is 1. The van der Waals surface area contributed by atoms with Gasteiger partial charge >= 0.3 is 0 Å². The zero-order valence-electron chi connectivity index (χ0n) is 15.2. The van der Waals surface area contributed by atoms with Crippen molar-refractivity contribution >= 4 is 47.2 Å². The molecular formula is C17H29IN4O3S. The maximum absolute atomic E-state index is 11.8. The molecule has 0 spiro atoms. The summed E-state index contributed by atoms with van der Waals surface area (Å²) in [4.78, 5) is 16.7. The van der Waals surface area contributed by atoms with E-state index >= 15 is 0 Å². The molecule has 3 N–H and O–H groups in total. The van der Waals surface area contributed by atoms with E-state index in [0.717, 1.165) is 63.0 Å². The van der Waals surface area contributed by atoms with E-state index in [4.69, 9.17) is 9.47 Å². The molecule has 7 nitrogen and oxygen atoms in total. The Hall–Kier alpha value is -0.910. The molecule has 0 radical (unpaired) electrons. The van der Waals surface area contributed by atoms with Crippen molar-refractivity contribution in [2.24, 2.45) is 4.99 Å². The van der Waals surface area contributed by atoms with Crippen molar-refractivity contribution in [3.8, 4) is 0 Å². The minimum Gasteiger partial charge on any atom is -0.379 e. The van der Waals surface area contributed by atoms with Crippen LogP contribution in [0.15, 0.2) is 22.5 Å². The van der Waals surface area contributed by atoms with Gasteiger partial charge in [0.2, 0.25) is 0 Å². The normalized spacial score (nSPS) is 16.8. The minimum absolute atomic E-state index is 0. The summed E-state index contributed by atoms with van der Waals surface area (Å²) in [5.41, 5.74) is 0. The summed E-state index contributed by atoms with van der Waals surface area (Å²) in [7, 11) is 1.75. The highest BCUT2D eigenvalue weighted by atomic mass is 127. The van der Waals surface area contributed by atoms with E-state index in [-0.39, 0.29) is 36.0 Å². The summed E-state index contributed by atoms with van der Waals surface area (Å²) in [5.74, 6) is 0.763. The third-order valence-electron chi connectivity index (χ3n) is 3.76. The number of aliphatic imine (C=N–C) groups is 1. The van der Waals surface area contributed by atoms with Crippen LogP contribution in [0, 0.1) is 0 Å². The van der Waals surface area contributed by atoms with Crippen molar-refractivity contribution in [1.82, 2.24) is 16.0 Å². The Morgan fingerprint density at radius 2 is 2.08 bits per heavy atom. The largest absolute Gasteiger partial charge is 0.379 e. The molecule has 0 aliphatic carbocycles. The Labute approximate surface area is 176 Å². The molecule has 1 amide bonds. The molecule has 1 aliphatic rings. The van der Waals surface area contributed by atoms with Gasteiger partial charge in [-0.15, -0.1) is 35.3 Å². The van der Waals surface area contributed by atoms with Gasteiger partial charge in [0.25, 0.3) is 5.91 Å². The van der Waals surface area contributed by atoms with Crippen LogP contribution in [-0.2, 0) is 9.47 Å². The van der Waals surface area contributed by atoms with Crippen LogP contribution in [0.5, 0.6) is 0 Å². The van der Waals surface area contributed by atoms with Gasteiger partial charge in [-0.2, -0.15) is 0 Å². The number of carbonyl (C=O) groups is 1. The molecule has 9 heteroatoms. The molecule has 1 atom stereocenters. The standard InChI is InChI=1S/C17H28N4O3S.HI/c1-18-17(21-9-4-10-24-14-6-11-23-13-14)20-8-3-7-19-16(22)15-5-2-12-25-15;/h2,5,12,14H,3-4,6-11,13H2,1H3,(H,19,22)(H2,18,20,21);1H. The fraction of sp³-hybridized carbons (Fsp3) is 0.647. The lowest BCUT2D eigenvalue weighted by Gasteiger charge is -2.13. The first-order valence-corrected chi connectivity index (χ1v) is 9.63. The molecule has 148 valence electrons. The van der Waals surface area contributed by atoms with E-state index in [1.54, 1.807) is 7.05 Å². The number of guanidine groups is 1. The van der Waals surface area contributed by atoms with E-state index < -0.39 is 0 Å². The van der Waals surface area contributed by atoms with Crippen LogP contribution >= 0.6 is 35.3 Å². The number of hydrogen-bond donors (Lipinski definition) is 3. The van der Waals surface area contributed by atoms with Crippen LogP contribution in [0.4, 0.5) is 0 Å². The number of ether oxygens (including phenoxy) is 2. The quantitative estimate of drug-likeness (QED) is 0.199. The number of hydrogen-bond acceptors (Lipinski definition) is 5. The Balaban J connectivity index is 0.00000338. The average molecular weight is 496 g/mol. The van der Waals surface area contributed by atoms with Crippen molar-refractivity contribution < 1.29 is 14.3 Å². The number of nitrogens with zero attached hydrogens (tertiary/aromatic N) is 1. The summed E-state index contributed by atoms with van der Waals surface area (Å²) in [6.07, 6.45) is 3.03. The first kappa shape index (κ1) is 23.1. The lowest BCUT2D eigenvalue weighted by atomic mass is 10.3. The summed E-state index contributed by atoms with van der Waals surface area (Å²) in [6.45, 7) is 4.46. The first-order chi connectivity index (χ1) is 12.3. The molecule has 0 saturated carbocycles. The second-order valence-electron chi connectivity index (χ2n) is 5.72. The molecule has 1 unspecified atom stereocenters. The van der Waals surface area contributed by atoms with Crippen molar-refractivity contribution in [3.05, 3.63) is 22.4 Å². The van der Waals surface area contributed by atoms with E-state index in [1.807, 2.05) is 17.5 Å². The third kappa shape index (κ3) is 9.15. The van der Waals surface area contributed by atoms with Gasteiger partial charge in [0.1, 0.15) is 0 Å². The van der Waals surface area contributed by atoms with E-state index in [2.05, 4.69) is 20.9 Å². The molecule has 2 rings (SSSR count). The monoisotopic (exact) mass is 496 g/mol. The predicted octanol–water partition coefficient (Wildman–Crippen LogP) is 1.85. The van der Waals surface area contributed by atoms with Gasteiger partial charge in [-0.05, 0) is 30.7 Å². The van der Waals surface area contributed by atoms with Gasteiger partial charge < -0.3 is 25.4 Å². The van der Waals surface area contributed by atoms with Crippen LogP contribution in [0.2, 0.25) is 0 Å². The lowest BCUT2D eigenvalue weighted by Crippen LogP contribution is -2.39. The summed E-state index contributed by atoms with van der Waals surface area (Å²) >= 11 is 1.45. The van der Waals surface area contributed by atoms with Gasteiger partial charge in [0.15, 0.2) is 5.96 Å². The second kappa shape index (κ2) is 14.2. The second-order valence-corrected chi connectivity index (χ2v) is 6.67. The maximum Gasteiger partial charge on any atom is 0.261 e. The predicted molar refractivity (Wildman–Crippen MR) is 116 cm³/mol. The number of thiophene rings is 1. The van der Waals surface area contributed by atoms with Gasteiger partial charge in [-0.25, -0.2) is 0 Å². The summed E-state index contributed by atoms with van der Waals surface area (Å²) in [6, 6.07) is 3.71. The molecule has 1 saturated heterocycles. The molecule has 0 aromatic carbocycles. The van der Waals surface area contributed by atoms with Crippen LogP contribution in [0.25, 0.3) is 0 Å². The minimum atomic E-state index is -0.00910. The van der Waals surface area contributed by atoms with E-state index in [1.165, 1.54) is 11.3 Å². The topological polar surface area (TPSA) is 84.0 Å². The van der Waals surface area contributed by atoms with Crippen LogP contribution in [-0.4, -0.2) is 64.5 Å². The smallest absolute Gasteiger partial charge is 0.261 e. The Morgan fingerprint density at radius 1 is 1.31 bits per heavy atom. The first-order valence-electron chi connectivity index (χ1n) is 8.75. The fourth-order valence-corrected chi connectivity index (χ4v) is 3.03. The maximum atomic E-state index is 11.8. The van der Waals surface area contributed by atoms with E-state index in [0.29, 0.717) is 6.54 Å². The summed E-state index contributed by atoms with van der Waals surface area (Å²) in [5, 5.41) is 11.3. The van der Waals surface area contributed by atoms with Gasteiger partial charge in [0.05, 0.1) is 17.6 Å². The highest BCUT2D eigenvalue weighted by molar-refractivity contribution is 14.0. The van der Waals surface area contributed by atoms with Gasteiger partial charge in [-0.3, -0.25) is 9.79 Å². The molecule has 1 aliphatic heterocycles. The third-order valence-corrected chi connectivity index (χ3v) is 4.62. The van der Waals surface area contributed by atoms with Crippen molar-refractivity contribution in [3.63, 3.8) is 0 Å². The molecule has 0 bridgehead atoms. The molecule has 1 aromatic rings. The molecule has 26 heavy (non-hydrogen) atoms. The molecule has 1 aromatic heterocycles. The van der Waals surface area contributed by atoms with Crippen molar-refractivity contribution in [2.45, 2.75) is 25.4 Å². The zero-order chi connectivity index (χ0) is 17.7.